The molecule has 2 aromatic carbocycles. The van der Waals surface area contributed by atoms with Crippen LogP contribution in [0.1, 0.15) is 36.8 Å². The van der Waals surface area contributed by atoms with E-state index in [-0.39, 0.29) is 5.91 Å². The van der Waals surface area contributed by atoms with Crippen molar-refractivity contribution in [2.24, 2.45) is 5.92 Å². The van der Waals surface area contributed by atoms with Gasteiger partial charge >= 0.3 is 0 Å². The number of methoxy groups -OCH3 is 1. The Hall–Kier alpha value is -2.79. The predicted molar refractivity (Wildman–Crippen MR) is 124 cm³/mol. The van der Waals surface area contributed by atoms with E-state index in [0.717, 1.165) is 43.1 Å². The topological polar surface area (TPSA) is 50.8 Å². The Morgan fingerprint density at radius 3 is 2.97 bits per heavy atom. The van der Waals surface area contributed by atoms with Gasteiger partial charge in [-0.2, -0.15) is 0 Å². The van der Waals surface area contributed by atoms with Crippen LogP contribution in [0.3, 0.4) is 0 Å². The molecule has 1 heterocycles. The second-order valence-corrected chi connectivity index (χ2v) is 8.12. The minimum Gasteiger partial charge on any atom is -0.497 e. The van der Waals surface area contributed by atoms with Gasteiger partial charge in [-0.05, 0) is 55.5 Å². The van der Waals surface area contributed by atoms with Crippen molar-refractivity contribution in [3.05, 3.63) is 72.3 Å². The number of nitrogens with one attached hydrogen (secondary N) is 1. The van der Waals surface area contributed by atoms with Gasteiger partial charge in [0.05, 0.1) is 7.11 Å². The van der Waals surface area contributed by atoms with Gasteiger partial charge in [0, 0.05) is 31.6 Å². The third-order valence-corrected chi connectivity index (χ3v) is 5.73. The Balaban J connectivity index is 1.43. The van der Waals surface area contributed by atoms with Crippen molar-refractivity contribution >= 4 is 5.91 Å². The van der Waals surface area contributed by atoms with Crippen LogP contribution < -0.4 is 14.8 Å². The van der Waals surface area contributed by atoms with Crippen LogP contribution in [0.4, 0.5) is 0 Å². The average molecular weight is 423 g/mol. The zero-order valence-electron chi connectivity index (χ0n) is 18.5. The summed E-state index contributed by atoms with van der Waals surface area (Å²) in [7, 11) is 1.65. The van der Waals surface area contributed by atoms with E-state index in [1.165, 1.54) is 18.4 Å². The van der Waals surface area contributed by atoms with Crippen LogP contribution in [-0.4, -0.2) is 37.6 Å². The monoisotopic (exact) mass is 422 g/mol. The van der Waals surface area contributed by atoms with E-state index in [9.17, 15) is 4.79 Å². The van der Waals surface area contributed by atoms with E-state index in [1.807, 2.05) is 36.4 Å². The summed E-state index contributed by atoms with van der Waals surface area (Å²) in [5.41, 5.74) is 2.26. The maximum absolute atomic E-state index is 12.4. The Bertz CT molecular complexity index is 852. The first-order valence-electron chi connectivity index (χ1n) is 11.1. The molecule has 5 heteroatoms. The van der Waals surface area contributed by atoms with Crippen LogP contribution in [-0.2, 0) is 17.9 Å². The highest BCUT2D eigenvalue weighted by Crippen LogP contribution is 2.25. The van der Waals surface area contributed by atoms with Gasteiger partial charge in [0.15, 0.2) is 0 Å². The number of hydrogen-bond donors (Lipinski definition) is 1. The molecular formula is C26H34N2O3. The first-order valence-corrected chi connectivity index (χ1v) is 11.1. The number of ether oxygens (including phenoxy) is 2. The normalized spacial score (nSPS) is 16.5. The van der Waals surface area contributed by atoms with E-state index in [1.54, 1.807) is 13.2 Å². The van der Waals surface area contributed by atoms with Crippen molar-refractivity contribution in [3.63, 3.8) is 0 Å². The molecule has 31 heavy (non-hydrogen) atoms. The predicted octanol–water partition coefficient (Wildman–Crippen LogP) is 4.57. The fraction of sp³-hybridized carbons (Fsp3) is 0.423. The number of carbonyl (C=O) groups is 1. The lowest BCUT2D eigenvalue weighted by Gasteiger charge is -2.33. The molecule has 1 N–H and O–H groups in total. The highest BCUT2D eigenvalue weighted by molar-refractivity contribution is 5.75. The lowest BCUT2D eigenvalue weighted by molar-refractivity contribution is -0.121. The molecule has 0 aromatic heterocycles. The van der Waals surface area contributed by atoms with Crippen molar-refractivity contribution in [2.75, 3.05) is 26.8 Å². The zero-order chi connectivity index (χ0) is 21.9. The third kappa shape index (κ3) is 7.44. The van der Waals surface area contributed by atoms with Crippen LogP contribution in [0.25, 0.3) is 0 Å². The number of likely N-dealkylation sites (tertiary alicyclic amines) is 1. The summed E-state index contributed by atoms with van der Waals surface area (Å²) in [6.07, 6.45) is 5.63. The van der Waals surface area contributed by atoms with Crippen LogP contribution in [0, 0.1) is 5.92 Å². The van der Waals surface area contributed by atoms with Gasteiger partial charge < -0.3 is 14.8 Å². The quantitative estimate of drug-likeness (QED) is 0.539. The zero-order valence-corrected chi connectivity index (χ0v) is 18.5. The van der Waals surface area contributed by atoms with Crippen LogP contribution >= 0.6 is 0 Å². The number of rotatable bonds is 11. The SMILES string of the molecule is C=CCOc1ccccc1CN1CCCC(CCC(=O)NCc2cccc(OC)c2)C1. The molecule has 1 aliphatic rings. The molecule has 3 rings (SSSR count). The van der Waals surface area contributed by atoms with E-state index < -0.39 is 0 Å². The van der Waals surface area contributed by atoms with Gasteiger partial charge in [0.1, 0.15) is 18.1 Å². The average Bonchev–Trinajstić information content (AvgIpc) is 2.81. The summed E-state index contributed by atoms with van der Waals surface area (Å²) in [5.74, 6) is 2.41. The minimum absolute atomic E-state index is 0.114. The van der Waals surface area contributed by atoms with Crippen LogP contribution in [0.15, 0.2) is 61.2 Å². The number of piperidine rings is 1. The Morgan fingerprint density at radius 1 is 1.26 bits per heavy atom. The second-order valence-electron chi connectivity index (χ2n) is 8.12. The van der Waals surface area contributed by atoms with E-state index in [2.05, 4.69) is 28.9 Å². The van der Waals surface area contributed by atoms with E-state index >= 15 is 0 Å². The summed E-state index contributed by atoms with van der Waals surface area (Å²) < 4.78 is 11.0. The number of amides is 1. The Morgan fingerprint density at radius 2 is 2.13 bits per heavy atom. The molecule has 1 atom stereocenters. The summed E-state index contributed by atoms with van der Waals surface area (Å²) in [6, 6.07) is 16.0. The van der Waals surface area contributed by atoms with Gasteiger partial charge in [-0.1, -0.05) is 43.0 Å². The van der Waals surface area contributed by atoms with Gasteiger partial charge in [-0.3, -0.25) is 9.69 Å². The molecule has 2 aromatic rings. The second kappa shape index (κ2) is 12.2. The molecule has 1 unspecified atom stereocenters. The van der Waals surface area contributed by atoms with E-state index in [4.69, 9.17) is 9.47 Å². The molecular weight excluding hydrogens is 388 g/mol. The molecule has 166 valence electrons. The highest BCUT2D eigenvalue weighted by atomic mass is 16.5. The number of carbonyl (C=O) groups excluding carboxylic acids is 1. The lowest BCUT2D eigenvalue weighted by Crippen LogP contribution is -2.35. The molecule has 0 radical (unpaired) electrons. The highest BCUT2D eigenvalue weighted by Gasteiger charge is 2.21. The van der Waals surface area contributed by atoms with Crippen molar-refractivity contribution in [3.8, 4) is 11.5 Å². The third-order valence-electron chi connectivity index (χ3n) is 5.73. The summed E-state index contributed by atoms with van der Waals surface area (Å²) in [4.78, 5) is 14.8. The molecule has 1 amide bonds. The minimum atomic E-state index is 0.114. The van der Waals surface area contributed by atoms with Gasteiger partial charge in [-0.25, -0.2) is 0 Å². The summed E-state index contributed by atoms with van der Waals surface area (Å²) in [5, 5.41) is 3.04. The van der Waals surface area contributed by atoms with Gasteiger partial charge in [0.25, 0.3) is 0 Å². The fourth-order valence-corrected chi connectivity index (χ4v) is 4.10. The largest absolute Gasteiger partial charge is 0.497 e. The molecule has 1 aliphatic heterocycles. The number of nitrogens with zero attached hydrogens (tertiary/aromatic N) is 1. The van der Waals surface area contributed by atoms with Gasteiger partial charge in [-0.15, -0.1) is 0 Å². The first kappa shape index (κ1) is 22.9. The molecule has 0 aliphatic carbocycles. The number of para-hydroxylation sites is 1. The van der Waals surface area contributed by atoms with Crippen LogP contribution in [0.2, 0.25) is 0 Å². The molecule has 0 spiro atoms. The van der Waals surface area contributed by atoms with Crippen LogP contribution in [0.5, 0.6) is 11.5 Å². The standard InChI is InChI=1S/C26H34N2O3/c1-3-16-31-25-12-5-4-10-23(25)20-28-15-7-9-21(19-28)13-14-26(29)27-18-22-8-6-11-24(17-22)30-2/h3-6,8,10-12,17,21H,1,7,9,13-16,18-20H2,2H3,(H,27,29). The molecule has 1 saturated heterocycles. The molecule has 1 fully saturated rings. The number of benzene rings is 2. The molecule has 0 saturated carbocycles. The Labute approximate surface area is 186 Å². The van der Waals surface area contributed by atoms with Crippen molar-refractivity contribution < 1.29 is 14.3 Å². The smallest absolute Gasteiger partial charge is 0.220 e. The van der Waals surface area contributed by atoms with E-state index in [0.29, 0.717) is 25.5 Å². The first-order chi connectivity index (χ1) is 15.2. The summed E-state index contributed by atoms with van der Waals surface area (Å²) in [6.45, 7) is 7.78. The van der Waals surface area contributed by atoms with Crippen molar-refractivity contribution in [1.82, 2.24) is 10.2 Å². The molecule has 0 bridgehead atoms. The fourth-order valence-electron chi connectivity index (χ4n) is 4.10. The maximum atomic E-state index is 12.4. The summed E-state index contributed by atoms with van der Waals surface area (Å²) >= 11 is 0. The maximum Gasteiger partial charge on any atom is 0.220 e. The molecule has 5 nitrogen and oxygen atoms in total. The lowest BCUT2D eigenvalue weighted by atomic mass is 9.93. The Kier molecular flexibility index (Phi) is 8.98. The van der Waals surface area contributed by atoms with Crippen molar-refractivity contribution in [1.29, 1.82) is 0 Å². The van der Waals surface area contributed by atoms with Gasteiger partial charge in [0.2, 0.25) is 5.91 Å². The van der Waals surface area contributed by atoms with Crippen molar-refractivity contribution in [2.45, 2.75) is 38.8 Å². The number of hydrogen-bond acceptors (Lipinski definition) is 4.